The molecular weight excluding hydrogens is 288 g/mol. The van der Waals surface area contributed by atoms with Gasteiger partial charge in [-0.1, -0.05) is 23.7 Å². The zero-order valence-electron chi connectivity index (χ0n) is 11.3. The molecule has 2 heterocycles. The maximum Gasteiger partial charge on any atom is 0.207 e. The summed E-state index contributed by atoms with van der Waals surface area (Å²) >= 11 is 5.93. The normalized spacial score (nSPS) is 17.5. The largest absolute Gasteiger partial charge is 0.371 e. The number of halogens is 1. The highest BCUT2D eigenvalue weighted by Gasteiger charge is 2.41. The summed E-state index contributed by atoms with van der Waals surface area (Å²) in [5.74, 6) is 0.766. The number of rotatable bonds is 3. The van der Waals surface area contributed by atoms with Crippen molar-refractivity contribution >= 4 is 17.4 Å². The van der Waals surface area contributed by atoms with Crippen LogP contribution >= 0.6 is 11.6 Å². The Morgan fingerprint density at radius 1 is 1.14 bits per heavy atom. The van der Waals surface area contributed by atoms with Gasteiger partial charge in [-0.15, -0.1) is 0 Å². The fourth-order valence-corrected chi connectivity index (χ4v) is 2.45. The lowest BCUT2D eigenvalue weighted by Crippen LogP contribution is -2.48. The molecule has 1 atom stereocenters. The Labute approximate surface area is 127 Å². The molecule has 1 aliphatic heterocycles. The van der Waals surface area contributed by atoms with E-state index in [1.54, 1.807) is 42.7 Å². The third-order valence-corrected chi connectivity index (χ3v) is 3.64. The number of hydrogen-bond acceptors (Lipinski definition) is 5. The predicted molar refractivity (Wildman–Crippen MR) is 81.4 cm³/mol. The average Bonchev–Trinajstić information content (AvgIpc) is 2.56. The van der Waals surface area contributed by atoms with E-state index in [9.17, 15) is 5.11 Å². The molecule has 0 bridgehead atoms. The molecule has 1 aliphatic rings. The van der Waals surface area contributed by atoms with Crippen LogP contribution in [0.25, 0.3) is 0 Å². The Morgan fingerprint density at radius 3 is 2.48 bits per heavy atom. The maximum absolute atomic E-state index is 11.3. The van der Waals surface area contributed by atoms with Crippen molar-refractivity contribution in [3.05, 3.63) is 59.1 Å². The van der Waals surface area contributed by atoms with Crippen molar-refractivity contribution in [2.75, 3.05) is 13.1 Å². The van der Waals surface area contributed by atoms with Crippen molar-refractivity contribution in [1.29, 1.82) is 0 Å². The van der Waals surface area contributed by atoms with E-state index >= 15 is 0 Å². The molecule has 0 aliphatic carbocycles. The molecule has 3 rings (SSSR count). The Bertz CT molecular complexity index is 644. The van der Waals surface area contributed by atoms with Gasteiger partial charge in [0.25, 0.3) is 0 Å². The van der Waals surface area contributed by atoms with Crippen LogP contribution in [0, 0.1) is 0 Å². The second kappa shape index (κ2) is 5.79. The molecule has 5 nitrogen and oxygen atoms in total. The van der Waals surface area contributed by atoms with Crippen molar-refractivity contribution < 1.29 is 5.11 Å². The van der Waals surface area contributed by atoms with Crippen molar-refractivity contribution in [3.8, 4) is 0 Å². The van der Waals surface area contributed by atoms with Gasteiger partial charge in [-0.05, 0) is 30.2 Å². The first-order valence-electron chi connectivity index (χ1n) is 6.76. The Hall–Kier alpha value is -1.98. The molecular formula is C15H15ClN4O. The van der Waals surface area contributed by atoms with Gasteiger partial charge >= 0.3 is 0 Å². The lowest BCUT2D eigenvalue weighted by Gasteiger charge is -2.31. The summed E-state index contributed by atoms with van der Waals surface area (Å²) in [5, 5.41) is 15.1. The Morgan fingerprint density at radius 2 is 1.86 bits per heavy atom. The maximum atomic E-state index is 11.3. The molecule has 2 aromatic rings. The molecule has 0 saturated carbocycles. The fourth-order valence-electron chi connectivity index (χ4n) is 2.32. The predicted octanol–water partition coefficient (Wildman–Crippen LogP) is 1.76. The van der Waals surface area contributed by atoms with Crippen LogP contribution in [0.15, 0.2) is 47.7 Å². The summed E-state index contributed by atoms with van der Waals surface area (Å²) in [7, 11) is 0. The van der Waals surface area contributed by atoms with Gasteiger partial charge in [0.05, 0.1) is 0 Å². The van der Waals surface area contributed by atoms with Gasteiger partial charge in [-0.3, -0.25) is 4.99 Å². The van der Waals surface area contributed by atoms with Crippen molar-refractivity contribution in [2.24, 2.45) is 4.99 Å². The van der Waals surface area contributed by atoms with Crippen LogP contribution in [0.2, 0.25) is 5.02 Å². The summed E-state index contributed by atoms with van der Waals surface area (Å²) in [6, 6.07) is 8.69. The van der Waals surface area contributed by atoms with E-state index in [-0.39, 0.29) is 0 Å². The van der Waals surface area contributed by atoms with Crippen molar-refractivity contribution in [3.63, 3.8) is 0 Å². The molecule has 0 fully saturated rings. The molecule has 1 unspecified atom stereocenters. The van der Waals surface area contributed by atoms with E-state index in [0.29, 0.717) is 28.8 Å². The smallest absolute Gasteiger partial charge is 0.207 e. The van der Waals surface area contributed by atoms with Gasteiger partial charge < -0.3 is 10.4 Å². The molecule has 0 amide bonds. The minimum absolute atomic E-state index is 0.292. The van der Waals surface area contributed by atoms with E-state index in [1.165, 1.54) is 0 Å². The monoisotopic (exact) mass is 302 g/mol. The van der Waals surface area contributed by atoms with Gasteiger partial charge in [0.1, 0.15) is 5.84 Å². The topological polar surface area (TPSA) is 70.4 Å². The quantitative estimate of drug-likeness (QED) is 0.906. The van der Waals surface area contributed by atoms with E-state index in [1.807, 2.05) is 0 Å². The lowest BCUT2D eigenvalue weighted by atomic mass is 9.90. The number of hydrogen-bond donors (Lipinski definition) is 2. The number of aliphatic imine (C=N–C) groups is 1. The van der Waals surface area contributed by atoms with Crippen molar-refractivity contribution in [2.45, 2.75) is 12.0 Å². The summed E-state index contributed by atoms with van der Waals surface area (Å²) in [6.45, 7) is 1.44. The number of benzene rings is 1. The first kappa shape index (κ1) is 14.0. The number of nitrogens with zero attached hydrogens (tertiary/aromatic N) is 3. The summed E-state index contributed by atoms with van der Waals surface area (Å²) in [4.78, 5) is 12.8. The third kappa shape index (κ3) is 2.62. The van der Waals surface area contributed by atoms with Gasteiger partial charge in [-0.2, -0.15) is 0 Å². The molecule has 108 valence electrons. The van der Waals surface area contributed by atoms with Crippen LogP contribution in [0.5, 0.6) is 0 Å². The number of aromatic nitrogens is 2. The van der Waals surface area contributed by atoms with Crippen molar-refractivity contribution in [1.82, 2.24) is 15.3 Å². The first-order chi connectivity index (χ1) is 10.2. The zero-order chi connectivity index (χ0) is 14.7. The van der Waals surface area contributed by atoms with E-state index in [4.69, 9.17) is 11.6 Å². The Balaban J connectivity index is 2.14. The third-order valence-electron chi connectivity index (χ3n) is 3.39. The number of amidine groups is 1. The van der Waals surface area contributed by atoms with Crippen LogP contribution < -0.4 is 5.32 Å². The van der Waals surface area contributed by atoms with Crippen LogP contribution in [0.1, 0.15) is 17.8 Å². The molecule has 0 radical (unpaired) electrons. The summed E-state index contributed by atoms with van der Waals surface area (Å²) in [6.07, 6.45) is 4.15. The first-order valence-corrected chi connectivity index (χ1v) is 7.14. The van der Waals surface area contributed by atoms with E-state index in [0.717, 1.165) is 13.0 Å². The zero-order valence-corrected chi connectivity index (χ0v) is 12.1. The highest BCUT2D eigenvalue weighted by molar-refractivity contribution is 6.30. The van der Waals surface area contributed by atoms with Gasteiger partial charge in [0, 0.05) is 30.5 Å². The molecule has 1 aromatic carbocycles. The highest BCUT2D eigenvalue weighted by Crippen LogP contribution is 2.29. The highest BCUT2D eigenvalue weighted by atomic mass is 35.5. The minimum Gasteiger partial charge on any atom is -0.371 e. The molecule has 6 heteroatoms. The molecule has 21 heavy (non-hydrogen) atoms. The molecule has 2 N–H and O–H groups in total. The second-order valence-electron chi connectivity index (χ2n) is 4.80. The number of nitrogens with one attached hydrogen (secondary N) is 1. The summed E-state index contributed by atoms with van der Waals surface area (Å²) in [5.41, 5.74) is -0.863. The van der Waals surface area contributed by atoms with E-state index in [2.05, 4.69) is 20.3 Å². The van der Waals surface area contributed by atoms with E-state index < -0.39 is 5.60 Å². The second-order valence-corrected chi connectivity index (χ2v) is 5.24. The van der Waals surface area contributed by atoms with Crippen LogP contribution in [0.3, 0.4) is 0 Å². The van der Waals surface area contributed by atoms with Gasteiger partial charge in [0.2, 0.25) is 5.60 Å². The molecule has 0 saturated heterocycles. The lowest BCUT2D eigenvalue weighted by molar-refractivity contribution is 0.140. The standard InChI is InChI=1S/C15H15ClN4O/c16-12-5-3-11(4-6-12)15(21,13-17-7-1-8-18-13)14-19-9-2-10-20-14/h1,3-8,21H,2,9-10H2,(H,19,20). The van der Waals surface area contributed by atoms with Crippen LogP contribution in [-0.4, -0.2) is 34.0 Å². The molecule has 1 aromatic heterocycles. The molecule has 0 spiro atoms. The SMILES string of the molecule is OC(C1=NCCCN1)(c1ccc(Cl)cc1)c1ncccn1. The van der Waals surface area contributed by atoms with Crippen LogP contribution in [0.4, 0.5) is 0 Å². The average molecular weight is 303 g/mol. The number of aliphatic hydroxyl groups is 1. The minimum atomic E-state index is -1.49. The Kier molecular flexibility index (Phi) is 3.86. The fraction of sp³-hybridized carbons (Fsp3) is 0.267. The van der Waals surface area contributed by atoms with Gasteiger partial charge in [-0.25, -0.2) is 9.97 Å². The summed E-state index contributed by atoms with van der Waals surface area (Å²) < 4.78 is 0. The van der Waals surface area contributed by atoms with Crippen LogP contribution in [-0.2, 0) is 5.60 Å². The van der Waals surface area contributed by atoms with Gasteiger partial charge in [0.15, 0.2) is 5.82 Å².